The fourth-order valence-corrected chi connectivity index (χ4v) is 2.33. The van der Waals surface area contributed by atoms with E-state index in [1.807, 2.05) is 0 Å². The minimum atomic E-state index is -3.70. The van der Waals surface area contributed by atoms with Gasteiger partial charge in [-0.05, 0) is 24.3 Å². The van der Waals surface area contributed by atoms with E-state index in [2.05, 4.69) is 14.9 Å². The molecule has 0 unspecified atom stereocenters. The summed E-state index contributed by atoms with van der Waals surface area (Å²) in [5, 5.41) is 6.10. The third-order valence-corrected chi connectivity index (χ3v) is 3.58. The second-order valence-electron chi connectivity index (χ2n) is 3.46. The maximum Gasteiger partial charge on any atom is 0.263 e. The van der Waals surface area contributed by atoms with Crippen LogP contribution in [0.25, 0.3) is 0 Å². The second-order valence-corrected chi connectivity index (χ2v) is 5.15. The van der Waals surface area contributed by atoms with E-state index in [0.717, 1.165) is 0 Å². The van der Waals surface area contributed by atoms with Gasteiger partial charge in [0, 0.05) is 11.6 Å². The third kappa shape index (κ3) is 2.48. The number of sulfonamides is 1. The molecule has 1 heterocycles. The fourth-order valence-electron chi connectivity index (χ4n) is 1.31. The SMILES string of the molecule is NC(=O)c1ccc(S(=O)(=O)Nc2ccn[nH]2)cc1. The van der Waals surface area contributed by atoms with E-state index in [4.69, 9.17) is 5.73 Å². The van der Waals surface area contributed by atoms with Crippen molar-refractivity contribution in [1.29, 1.82) is 0 Å². The quantitative estimate of drug-likeness (QED) is 0.737. The van der Waals surface area contributed by atoms with Crippen LogP contribution in [0.5, 0.6) is 0 Å². The summed E-state index contributed by atoms with van der Waals surface area (Å²) in [5.41, 5.74) is 5.31. The van der Waals surface area contributed by atoms with Gasteiger partial charge in [-0.15, -0.1) is 0 Å². The Morgan fingerprint density at radius 2 is 1.89 bits per heavy atom. The van der Waals surface area contributed by atoms with Gasteiger partial charge in [-0.2, -0.15) is 5.10 Å². The van der Waals surface area contributed by atoms with Crippen LogP contribution in [-0.2, 0) is 10.0 Å². The number of carbonyl (C=O) groups excluding carboxylic acids is 1. The molecule has 0 aliphatic rings. The van der Waals surface area contributed by atoms with Crippen LogP contribution >= 0.6 is 0 Å². The summed E-state index contributed by atoms with van der Waals surface area (Å²) in [7, 11) is -3.70. The van der Waals surface area contributed by atoms with E-state index < -0.39 is 15.9 Å². The van der Waals surface area contributed by atoms with Gasteiger partial charge in [0.25, 0.3) is 10.0 Å². The number of nitrogens with two attached hydrogens (primary N) is 1. The van der Waals surface area contributed by atoms with Gasteiger partial charge in [-0.25, -0.2) is 8.42 Å². The van der Waals surface area contributed by atoms with Gasteiger partial charge in [0.1, 0.15) is 5.82 Å². The molecular formula is C10H10N4O3S. The number of primary amides is 1. The minimum Gasteiger partial charge on any atom is -0.366 e. The van der Waals surface area contributed by atoms with Gasteiger partial charge in [-0.3, -0.25) is 14.6 Å². The molecule has 0 radical (unpaired) electrons. The van der Waals surface area contributed by atoms with Crippen molar-refractivity contribution in [2.45, 2.75) is 4.90 Å². The predicted molar refractivity (Wildman–Crippen MR) is 64.4 cm³/mol. The summed E-state index contributed by atoms with van der Waals surface area (Å²) in [5.74, 6) is -0.352. The van der Waals surface area contributed by atoms with Gasteiger partial charge in [-0.1, -0.05) is 0 Å². The molecule has 0 saturated carbocycles. The number of rotatable bonds is 4. The molecule has 4 N–H and O–H groups in total. The first-order valence-corrected chi connectivity index (χ1v) is 6.39. The maximum absolute atomic E-state index is 11.9. The number of benzene rings is 1. The number of carbonyl (C=O) groups is 1. The van der Waals surface area contributed by atoms with Gasteiger partial charge in [0.15, 0.2) is 0 Å². The highest BCUT2D eigenvalue weighted by Crippen LogP contribution is 2.14. The normalized spacial score (nSPS) is 11.1. The van der Waals surface area contributed by atoms with Crippen LogP contribution in [-0.4, -0.2) is 24.5 Å². The Balaban J connectivity index is 2.27. The molecule has 8 heteroatoms. The number of nitrogens with zero attached hydrogens (tertiary/aromatic N) is 1. The van der Waals surface area contributed by atoms with E-state index in [0.29, 0.717) is 0 Å². The first kappa shape index (κ1) is 12.1. The Morgan fingerprint density at radius 3 is 2.39 bits per heavy atom. The van der Waals surface area contributed by atoms with Gasteiger partial charge >= 0.3 is 0 Å². The topological polar surface area (TPSA) is 118 Å². The van der Waals surface area contributed by atoms with Crippen LogP contribution < -0.4 is 10.5 Å². The molecule has 94 valence electrons. The summed E-state index contributed by atoms with van der Waals surface area (Å²) < 4.78 is 26.1. The molecule has 0 aliphatic carbocycles. The van der Waals surface area contributed by atoms with Crippen LogP contribution in [0.2, 0.25) is 0 Å². The lowest BCUT2D eigenvalue weighted by Crippen LogP contribution is -2.14. The van der Waals surface area contributed by atoms with Gasteiger partial charge in [0.2, 0.25) is 5.91 Å². The van der Waals surface area contributed by atoms with E-state index in [1.54, 1.807) is 0 Å². The number of aromatic nitrogens is 2. The molecule has 1 aromatic heterocycles. The van der Waals surface area contributed by atoms with Crippen molar-refractivity contribution in [2.24, 2.45) is 5.73 Å². The summed E-state index contributed by atoms with van der Waals surface area (Å²) in [6.45, 7) is 0. The highest BCUT2D eigenvalue weighted by atomic mass is 32.2. The Morgan fingerprint density at radius 1 is 1.22 bits per heavy atom. The largest absolute Gasteiger partial charge is 0.366 e. The van der Waals surface area contributed by atoms with Crippen LogP contribution in [0.15, 0.2) is 41.4 Å². The first-order chi connectivity index (χ1) is 8.49. The van der Waals surface area contributed by atoms with Crippen molar-refractivity contribution in [3.8, 4) is 0 Å². The van der Waals surface area contributed by atoms with Crippen molar-refractivity contribution in [1.82, 2.24) is 10.2 Å². The lowest BCUT2D eigenvalue weighted by Gasteiger charge is -2.05. The van der Waals surface area contributed by atoms with E-state index in [1.165, 1.54) is 36.5 Å². The highest BCUT2D eigenvalue weighted by molar-refractivity contribution is 7.92. The minimum absolute atomic E-state index is 0.0297. The van der Waals surface area contributed by atoms with Gasteiger partial charge in [0.05, 0.1) is 11.1 Å². The average molecular weight is 266 g/mol. The smallest absolute Gasteiger partial charge is 0.263 e. The Bertz CT molecular complexity index is 647. The van der Waals surface area contributed by atoms with Crippen LogP contribution in [0.4, 0.5) is 5.82 Å². The number of H-pyrrole nitrogens is 1. The Hall–Kier alpha value is -2.35. The number of hydrogen-bond donors (Lipinski definition) is 3. The standard InChI is InChI=1S/C10H10N4O3S/c11-10(15)7-1-3-8(4-2-7)18(16,17)14-9-5-6-12-13-9/h1-6H,(H2,11,15)(H2,12,13,14). The molecule has 18 heavy (non-hydrogen) atoms. The summed E-state index contributed by atoms with van der Waals surface area (Å²) in [6.07, 6.45) is 1.42. The molecule has 0 aliphatic heterocycles. The van der Waals surface area contributed by atoms with Crippen molar-refractivity contribution >= 4 is 21.7 Å². The van der Waals surface area contributed by atoms with E-state index in [9.17, 15) is 13.2 Å². The number of hydrogen-bond acceptors (Lipinski definition) is 4. The summed E-state index contributed by atoms with van der Waals surface area (Å²) in [6, 6.07) is 6.79. The number of aromatic amines is 1. The average Bonchev–Trinajstić information content (AvgIpc) is 2.81. The fraction of sp³-hybridized carbons (Fsp3) is 0. The molecule has 1 aromatic carbocycles. The summed E-state index contributed by atoms with van der Waals surface area (Å²) in [4.78, 5) is 10.9. The van der Waals surface area contributed by atoms with Crippen molar-refractivity contribution < 1.29 is 13.2 Å². The maximum atomic E-state index is 11.9. The molecular weight excluding hydrogens is 256 g/mol. The highest BCUT2D eigenvalue weighted by Gasteiger charge is 2.15. The molecule has 2 rings (SSSR count). The van der Waals surface area contributed by atoms with E-state index >= 15 is 0 Å². The second kappa shape index (κ2) is 4.49. The van der Waals surface area contributed by atoms with E-state index in [-0.39, 0.29) is 16.3 Å². The molecule has 1 amide bonds. The molecule has 0 atom stereocenters. The first-order valence-electron chi connectivity index (χ1n) is 4.91. The molecule has 2 aromatic rings. The lowest BCUT2D eigenvalue weighted by atomic mass is 10.2. The number of amides is 1. The Kier molecular flexibility index (Phi) is 3.02. The zero-order valence-corrected chi connectivity index (χ0v) is 9.94. The number of nitrogens with one attached hydrogen (secondary N) is 2. The molecule has 0 spiro atoms. The number of anilines is 1. The van der Waals surface area contributed by atoms with Crippen molar-refractivity contribution in [2.75, 3.05) is 4.72 Å². The zero-order chi connectivity index (χ0) is 13.2. The molecule has 0 saturated heterocycles. The van der Waals surface area contributed by atoms with Crippen molar-refractivity contribution in [3.63, 3.8) is 0 Å². The molecule has 0 bridgehead atoms. The van der Waals surface area contributed by atoms with Crippen molar-refractivity contribution in [3.05, 3.63) is 42.1 Å². The molecule has 0 fully saturated rings. The molecule has 7 nitrogen and oxygen atoms in total. The third-order valence-electron chi connectivity index (χ3n) is 2.19. The predicted octanol–water partition coefficient (Wildman–Crippen LogP) is 0.309. The van der Waals surface area contributed by atoms with Gasteiger partial charge < -0.3 is 5.73 Å². The lowest BCUT2D eigenvalue weighted by molar-refractivity contribution is 0.1000. The zero-order valence-electron chi connectivity index (χ0n) is 9.12. The summed E-state index contributed by atoms with van der Waals surface area (Å²) >= 11 is 0. The monoisotopic (exact) mass is 266 g/mol. The van der Waals surface area contributed by atoms with Crippen LogP contribution in [0, 0.1) is 0 Å². The van der Waals surface area contributed by atoms with Crippen LogP contribution in [0.3, 0.4) is 0 Å². The Labute approximate surface area is 103 Å². The van der Waals surface area contributed by atoms with Crippen LogP contribution in [0.1, 0.15) is 10.4 Å².